The Morgan fingerprint density at radius 1 is 0.923 bits per heavy atom. The molecule has 0 amide bonds. The molecule has 0 saturated carbocycles. The van der Waals surface area contributed by atoms with E-state index >= 15 is 0 Å². The van der Waals surface area contributed by atoms with E-state index in [9.17, 15) is 4.79 Å². The number of rotatable bonds is 8. The molecule has 0 aliphatic rings. The van der Waals surface area contributed by atoms with E-state index in [2.05, 4.69) is 94.4 Å². The first-order chi connectivity index (χ1) is 12.4. The van der Waals surface area contributed by atoms with E-state index in [0.29, 0.717) is 13.0 Å². The first kappa shape index (κ1) is 20.3. The summed E-state index contributed by atoms with van der Waals surface area (Å²) in [5.74, 6) is 0. The van der Waals surface area contributed by atoms with Gasteiger partial charge in [0.05, 0.1) is 6.61 Å². The van der Waals surface area contributed by atoms with Crippen LogP contribution in [0, 0.1) is 0 Å². The van der Waals surface area contributed by atoms with Crippen molar-refractivity contribution in [1.29, 1.82) is 0 Å². The van der Waals surface area contributed by atoms with Crippen LogP contribution in [0.3, 0.4) is 0 Å². The zero-order chi connectivity index (χ0) is 19.0. The molecular formula is C23H30O2Si. The summed E-state index contributed by atoms with van der Waals surface area (Å²) in [5, 5.41) is 2.57. The van der Waals surface area contributed by atoms with Gasteiger partial charge in [-0.1, -0.05) is 93.1 Å². The summed E-state index contributed by atoms with van der Waals surface area (Å²) in [4.78, 5) is 10.6. The van der Waals surface area contributed by atoms with Crippen LogP contribution in [0.4, 0.5) is 0 Å². The molecule has 0 saturated heterocycles. The van der Waals surface area contributed by atoms with E-state index in [4.69, 9.17) is 4.43 Å². The summed E-state index contributed by atoms with van der Waals surface area (Å²) < 4.78 is 6.84. The number of unbranched alkanes of at least 4 members (excludes halogenated alkanes) is 1. The van der Waals surface area contributed by atoms with Gasteiger partial charge in [0, 0.05) is 6.42 Å². The predicted molar refractivity (Wildman–Crippen MR) is 113 cm³/mol. The zero-order valence-corrected chi connectivity index (χ0v) is 17.4. The van der Waals surface area contributed by atoms with Crippen molar-refractivity contribution in [2.45, 2.75) is 45.6 Å². The molecule has 0 heterocycles. The van der Waals surface area contributed by atoms with Crippen LogP contribution in [-0.2, 0) is 9.22 Å². The second-order valence-corrected chi connectivity index (χ2v) is 12.1. The van der Waals surface area contributed by atoms with Crippen LogP contribution in [0.5, 0.6) is 0 Å². The largest absolute Gasteiger partial charge is 0.403 e. The fraction of sp³-hybridized carbons (Fsp3) is 0.348. The summed E-state index contributed by atoms with van der Waals surface area (Å²) in [6.07, 6.45) is 4.43. The second-order valence-electron chi connectivity index (χ2n) is 7.75. The van der Waals surface area contributed by atoms with E-state index in [1.165, 1.54) is 15.9 Å². The van der Waals surface area contributed by atoms with Gasteiger partial charge < -0.3 is 9.22 Å². The predicted octanol–water partition coefficient (Wildman–Crippen LogP) is 4.49. The van der Waals surface area contributed by atoms with Crippen LogP contribution < -0.4 is 10.4 Å². The van der Waals surface area contributed by atoms with E-state index in [1.54, 1.807) is 0 Å². The summed E-state index contributed by atoms with van der Waals surface area (Å²) in [7, 11) is -2.47. The highest BCUT2D eigenvalue weighted by molar-refractivity contribution is 6.99. The Balaban J connectivity index is 2.47. The molecule has 138 valence electrons. The summed E-state index contributed by atoms with van der Waals surface area (Å²) >= 11 is 0. The minimum Gasteiger partial charge on any atom is -0.403 e. The molecule has 0 bridgehead atoms. The van der Waals surface area contributed by atoms with Gasteiger partial charge in [0.1, 0.15) is 6.29 Å². The topological polar surface area (TPSA) is 26.3 Å². The molecule has 2 aromatic carbocycles. The van der Waals surface area contributed by atoms with E-state index in [0.717, 1.165) is 12.7 Å². The standard InChI is InChI=1S/C23H30O2Si/c1-20(13-11-12-18-24)19-25-26(23(2,3)4,21-14-7-5-8-15-21)22-16-9-6-10-17-22/h5-10,13-18H,11-12,19H2,1-4H3/b20-13-. The van der Waals surface area contributed by atoms with Crippen LogP contribution in [0.15, 0.2) is 72.3 Å². The smallest absolute Gasteiger partial charge is 0.261 e. The number of allylic oxidation sites excluding steroid dienone is 1. The molecule has 0 N–H and O–H groups in total. The number of carbonyl (C=O) groups excluding carboxylic acids is 1. The van der Waals surface area contributed by atoms with Crippen molar-refractivity contribution in [3.05, 3.63) is 72.3 Å². The Kier molecular flexibility index (Phi) is 7.12. The number of carbonyl (C=O) groups is 1. The van der Waals surface area contributed by atoms with Gasteiger partial charge in [0.15, 0.2) is 0 Å². The third kappa shape index (κ3) is 4.60. The van der Waals surface area contributed by atoms with Crippen molar-refractivity contribution in [3.63, 3.8) is 0 Å². The molecule has 0 atom stereocenters. The molecular weight excluding hydrogens is 336 g/mol. The molecule has 3 heteroatoms. The van der Waals surface area contributed by atoms with Gasteiger partial charge in [-0.05, 0) is 28.8 Å². The van der Waals surface area contributed by atoms with Gasteiger partial charge in [-0.2, -0.15) is 0 Å². The highest BCUT2D eigenvalue weighted by atomic mass is 28.4. The van der Waals surface area contributed by atoms with Crippen LogP contribution in [0.1, 0.15) is 40.5 Å². The maximum Gasteiger partial charge on any atom is 0.261 e. The first-order valence-electron chi connectivity index (χ1n) is 9.26. The quantitative estimate of drug-likeness (QED) is 0.298. The van der Waals surface area contributed by atoms with Crippen LogP contribution >= 0.6 is 0 Å². The second kappa shape index (κ2) is 9.11. The Morgan fingerprint density at radius 2 is 1.42 bits per heavy atom. The molecule has 2 nitrogen and oxygen atoms in total. The van der Waals surface area contributed by atoms with E-state index < -0.39 is 8.32 Å². The molecule has 2 aromatic rings. The lowest BCUT2D eigenvalue weighted by Gasteiger charge is -2.43. The van der Waals surface area contributed by atoms with Crippen LogP contribution in [0.2, 0.25) is 5.04 Å². The Bertz CT molecular complexity index is 675. The highest BCUT2D eigenvalue weighted by Crippen LogP contribution is 2.36. The molecule has 0 aliphatic carbocycles. The van der Waals surface area contributed by atoms with Gasteiger partial charge in [-0.3, -0.25) is 0 Å². The van der Waals surface area contributed by atoms with E-state index in [-0.39, 0.29) is 5.04 Å². The van der Waals surface area contributed by atoms with Gasteiger partial charge in [-0.25, -0.2) is 0 Å². The maximum atomic E-state index is 10.6. The fourth-order valence-corrected chi connectivity index (χ4v) is 8.04. The first-order valence-corrected chi connectivity index (χ1v) is 11.2. The lowest BCUT2D eigenvalue weighted by atomic mass is 10.2. The van der Waals surface area contributed by atoms with Crippen molar-refractivity contribution < 1.29 is 9.22 Å². The van der Waals surface area contributed by atoms with Gasteiger partial charge >= 0.3 is 0 Å². The normalized spacial score (nSPS) is 12.8. The monoisotopic (exact) mass is 366 g/mol. The molecule has 0 aliphatic heterocycles. The molecule has 26 heavy (non-hydrogen) atoms. The van der Waals surface area contributed by atoms with Gasteiger partial charge in [-0.15, -0.1) is 0 Å². The molecule has 2 rings (SSSR count). The molecule has 0 unspecified atom stereocenters. The third-order valence-electron chi connectivity index (χ3n) is 4.71. The van der Waals surface area contributed by atoms with Crippen molar-refractivity contribution in [2.75, 3.05) is 6.61 Å². The zero-order valence-electron chi connectivity index (χ0n) is 16.4. The average Bonchev–Trinajstić information content (AvgIpc) is 2.63. The van der Waals surface area contributed by atoms with Crippen LogP contribution in [-0.4, -0.2) is 21.2 Å². The highest BCUT2D eigenvalue weighted by Gasteiger charge is 2.50. The van der Waals surface area contributed by atoms with Gasteiger partial charge in [0.2, 0.25) is 0 Å². The Morgan fingerprint density at radius 3 is 1.85 bits per heavy atom. The van der Waals surface area contributed by atoms with Crippen molar-refractivity contribution in [3.8, 4) is 0 Å². The SMILES string of the molecule is C/C(=C/CCC=O)CO[Si](c1ccccc1)(c1ccccc1)C(C)(C)C. The number of hydrogen-bond donors (Lipinski definition) is 0. The number of hydrogen-bond acceptors (Lipinski definition) is 2. The minimum atomic E-state index is -2.47. The fourth-order valence-electron chi connectivity index (χ4n) is 3.44. The van der Waals surface area contributed by atoms with Crippen molar-refractivity contribution in [2.24, 2.45) is 0 Å². The van der Waals surface area contributed by atoms with Gasteiger partial charge in [0.25, 0.3) is 8.32 Å². The summed E-state index contributed by atoms with van der Waals surface area (Å²) in [5.41, 5.74) is 1.18. The number of benzene rings is 2. The lowest BCUT2D eigenvalue weighted by Crippen LogP contribution is -2.66. The lowest BCUT2D eigenvalue weighted by molar-refractivity contribution is -0.107. The average molecular weight is 367 g/mol. The molecule has 0 aromatic heterocycles. The maximum absolute atomic E-state index is 10.6. The summed E-state index contributed by atoms with van der Waals surface area (Å²) in [6.45, 7) is 9.52. The van der Waals surface area contributed by atoms with Crippen molar-refractivity contribution in [1.82, 2.24) is 0 Å². The molecule has 0 fully saturated rings. The Hall–Kier alpha value is -1.97. The summed E-state index contributed by atoms with van der Waals surface area (Å²) in [6, 6.07) is 21.3. The van der Waals surface area contributed by atoms with Crippen molar-refractivity contribution >= 4 is 25.0 Å². The third-order valence-corrected chi connectivity index (χ3v) is 9.69. The molecule has 0 radical (unpaired) electrons. The number of aldehydes is 1. The molecule has 0 spiro atoms. The minimum absolute atomic E-state index is 0.0151. The Labute approximate surface area is 159 Å². The van der Waals surface area contributed by atoms with E-state index in [1.807, 2.05) is 0 Å². The van der Waals surface area contributed by atoms with Crippen LogP contribution in [0.25, 0.3) is 0 Å².